The first-order valence-corrected chi connectivity index (χ1v) is 6.37. The Kier molecular flexibility index (Phi) is 3.19. The van der Waals surface area contributed by atoms with Gasteiger partial charge in [0.2, 0.25) is 0 Å². The van der Waals surface area contributed by atoms with Gasteiger partial charge in [-0.05, 0) is 18.2 Å². The van der Waals surface area contributed by atoms with Crippen molar-refractivity contribution in [1.29, 1.82) is 0 Å². The molecule has 1 atom stereocenters. The van der Waals surface area contributed by atoms with Crippen LogP contribution in [0.25, 0.3) is 0 Å². The van der Waals surface area contributed by atoms with Crippen LogP contribution in [0.15, 0.2) is 53.5 Å². The molecule has 3 rings (SSSR count). The topological polar surface area (TPSA) is 41.8 Å². The van der Waals surface area contributed by atoms with Crippen LogP contribution in [-0.2, 0) is 0 Å². The number of hydrogen-bond acceptors (Lipinski definition) is 3. The standard InChI is InChI=1S/C16H15NO2/c18-15-7-3-1-5-12(15)11-17-14-9-10-19-16-8-4-2-6-13(14)16/h1-8,11,14,18H,9-10H2. The minimum Gasteiger partial charge on any atom is -0.507 e. The van der Waals surface area contributed by atoms with Crippen LogP contribution in [0.3, 0.4) is 0 Å². The lowest BCUT2D eigenvalue weighted by Crippen LogP contribution is -2.12. The summed E-state index contributed by atoms with van der Waals surface area (Å²) in [6, 6.07) is 15.3. The molecule has 0 amide bonds. The Morgan fingerprint density at radius 1 is 1.11 bits per heavy atom. The molecule has 2 aromatic rings. The number of hydrogen-bond donors (Lipinski definition) is 1. The number of para-hydroxylation sites is 2. The van der Waals surface area contributed by atoms with Crippen molar-refractivity contribution in [1.82, 2.24) is 0 Å². The van der Waals surface area contributed by atoms with Crippen molar-refractivity contribution in [3.63, 3.8) is 0 Å². The van der Waals surface area contributed by atoms with Crippen LogP contribution in [0.5, 0.6) is 11.5 Å². The van der Waals surface area contributed by atoms with Crippen molar-refractivity contribution >= 4 is 6.21 Å². The number of aromatic hydroxyl groups is 1. The molecule has 96 valence electrons. The SMILES string of the molecule is Oc1ccccc1C=NC1CCOc2ccccc21. The molecular weight excluding hydrogens is 238 g/mol. The normalized spacial score (nSPS) is 18.0. The fourth-order valence-electron chi connectivity index (χ4n) is 2.25. The van der Waals surface area contributed by atoms with E-state index in [9.17, 15) is 5.11 Å². The van der Waals surface area contributed by atoms with Gasteiger partial charge >= 0.3 is 0 Å². The zero-order valence-corrected chi connectivity index (χ0v) is 10.5. The number of nitrogens with zero attached hydrogens (tertiary/aromatic N) is 1. The first-order valence-electron chi connectivity index (χ1n) is 6.37. The van der Waals surface area contributed by atoms with Gasteiger partial charge in [0, 0.05) is 23.8 Å². The van der Waals surface area contributed by atoms with Crippen molar-refractivity contribution in [2.24, 2.45) is 4.99 Å². The van der Waals surface area contributed by atoms with Crippen molar-refractivity contribution in [2.45, 2.75) is 12.5 Å². The zero-order chi connectivity index (χ0) is 13.1. The smallest absolute Gasteiger partial charge is 0.124 e. The molecule has 0 aliphatic carbocycles. The van der Waals surface area contributed by atoms with Crippen LogP contribution < -0.4 is 4.74 Å². The molecule has 0 aromatic heterocycles. The van der Waals surface area contributed by atoms with Crippen LogP contribution in [0.1, 0.15) is 23.6 Å². The average Bonchev–Trinajstić information content (AvgIpc) is 2.46. The second-order valence-electron chi connectivity index (χ2n) is 4.53. The van der Waals surface area contributed by atoms with E-state index in [1.54, 1.807) is 18.3 Å². The molecule has 0 saturated carbocycles. The molecule has 0 spiro atoms. The van der Waals surface area contributed by atoms with Gasteiger partial charge in [-0.2, -0.15) is 0 Å². The minimum atomic E-state index is 0.101. The molecule has 0 bridgehead atoms. The van der Waals surface area contributed by atoms with E-state index >= 15 is 0 Å². The van der Waals surface area contributed by atoms with E-state index in [0.29, 0.717) is 6.61 Å². The van der Waals surface area contributed by atoms with Gasteiger partial charge in [-0.3, -0.25) is 4.99 Å². The van der Waals surface area contributed by atoms with Crippen molar-refractivity contribution < 1.29 is 9.84 Å². The zero-order valence-electron chi connectivity index (χ0n) is 10.5. The third-order valence-electron chi connectivity index (χ3n) is 3.26. The summed E-state index contributed by atoms with van der Waals surface area (Å²) < 4.78 is 5.61. The molecule has 0 fully saturated rings. The molecule has 0 radical (unpaired) electrons. The fourth-order valence-corrected chi connectivity index (χ4v) is 2.25. The van der Waals surface area contributed by atoms with E-state index in [1.807, 2.05) is 36.4 Å². The second kappa shape index (κ2) is 5.14. The Hall–Kier alpha value is -2.29. The van der Waals surface area contributed by atoms with Crippen LogP contribution in [0.4, 0.5) is 0 Å². The predicted octanol–water partition coefficient (Wildman–Crippen LogP) is 3.33. The molecule has 19 heavy (non-hydrogen) atoms. The Balaban J connectivity index is 1.87. The van der Waals surface area contributed by atoms with Gasteiger partial charge in [-0.25, -0.2) is 0 Å². The lowest BCUT2D eigenvalue weighted by molar-refractivity contribution is 0.270. The molecule has 1 unspecified atom stereocenters. The van der Waals surface area contributed by atoms with Crippen LogP contribution in [0, 0.1) is 0 Å². The van der Waals surface area contributed by atoms with E-state index in [0.717, 1.165) is 23.3 Å². The van der Waals surface area contributed by atoms with Gasteiger partial charge in [0.05, 0.1) is 12.6 Å². The number of ether oxygens (including phenoxy) is 1. The first-order chi connectivity index (χ1) is 9.34. The first kappa shape index (κ1) is 11.8. The van der Waals surface area contributed by atoms with E-state index in [2.05, 4.69) is 4.99 Å². The highest BCUT2D eigenvalue weighted by Gasteiger charge is 2.19. The van der Waals surface area contributed by atoms with Crippen LogP contribution >= 0.6 is 0 Å². The van der Waals surface area contributed by atoms with Gasteiger partial charge < -0.3 is 9.84 Å². The van der Waals surface area contributed by atoms with Gasteiger partial charge in [-0.1, -0.05) is 30.3 Å². The molecular formula is C16H15NO2. The number of phenols is 1. The summed E-state index contributed by atoms with van der Waals surface area (Å²) in [4.78, 5) is 4.59. The maximum atomic E-state index is 9.72. The lowest BCUT2D eigenvalue weighted by Gasteiger charge is -2.22. The quantitative estimate of drug-likeness (QED) is 0.834. The molecule has 0 saturated heterocycles. The maximum Gasteiger partial charge on any atom is 0.124 e. The number of fused-ring (bicyclic) bond motifs is 1. The summed E-state index contributed by atoms with van der Waals surface area (Å²) in [6.45, 7) is 0.680. The fraction of sp³-hybridized carbons (Fsp3) is 0.188. The average molecular weight is 253 g/mol. The largest absolute Gasteiger partial charge is 0.507 e. The predicted molar refractivity (Wildman–Crippen MR) is 75.0 cm³/mol. The van der Waals surface area contributed by atoms with Gasteiger partial charge in [-0.15, -0.1) is 0 Å². The number of rotatable bonds is 2. The van der Waals surface area contributed by atoms with Gasteiger partial charge in [0.1, 0.15) is 11.5 Å². The Morgan fingerprint density at radius 2 is 1.89 bits per heavy atom. The minimum absolute atomic E-state index is 0.101. The molecule has 1 N–H and O–H groups in total. The summed E-state index contributed by atoms with van der Waals surface area (Å²) in [6.07, 6.45) is 2.60. The third kappa shape index (κ3) is 2.45. The summed E-state index contributed by atoms with van der Waals surface area (Å²) in [5.74, 6) is 1.17. The van der Waals surface area contributed by atoms with Crippen LogP contribution in [0.2, 0.25) is 0 Å². The monoisotopic (exact) mass is 253 g/mol. The van der Waals surface area contributed by atoms with Crippen molar-refractivity contribution in [3.05, 3.63) is 59.7 Å². The molecule has 3 nitrogen and oxygen atoms in total. The summed E-state index contributed by atoms with van der Waals surface area (Å²) >= 11 is 0. The number of benzene rings is 2. The third-order valence-corrected chi connectivity index (χ3v) is 3.26. The Bertz CT molecular complexity index is 607. The summed E-state index contributed by atoms with van der Waals surface area (Å²) in [5, 5.41) is 9.72. The van der Waals surface area contributed by atoms with Crippen molar-refractivity contribution in [2.75, 3.05) is 6.61 Å². The van der Waals surface area contributed by atoms with E-state index in [1.165, 1.54) is 0 Å². The summed E-state index contributed by atoms with van der Waals surface area (Å²) in [5.41, 5.74) is 1.85. The number of aliphatic imine (C=N–C) groups is 1. The van der Waals surface area contributed by atoms with Crippen molar-refractivity contribution in [3.8, 4) is 11.5 Å². The highest BCUT2D eigenvalue weighted by atomic mass is 16.5. The highest BCUT2D eigenvalue weighted by Crippen LogP contribution is 2.34. The van der Waals surface area contributed by atoms with Crippen LogP contribution in [-0.4, -0.2) is 17.9 Å². The second-order valence-corrected chi connectivity index (χ2v) is 4.53. The Labute approximate surface area is 112 Å². The van der Waals surface area contributed by atoms with E-state index in [-0.39, 0.29) is 11.8 Å². The Morgan fingerprint density at radius 3 is 2.79 bits per heavy atom. The highest BCUT2D eigenvalue weighted by molar-refractivity contribution is 5.83. The summed E-state index contributed by atoms with van der Waals surface area (Å²) in [7, 11) is 0. The molecule has 1 heterocycles. The lowest BCUT2D eigenvalue weighted by atomic mass is 10.0. The van der Waals surface area contributed by atoms with Gasteiger partial charge in [0.15, 0.2) is 0 Å². The molecule has 3 heteroatoms. The van der Waals surface area contributed by atoms with Gasteiger partial charge in [0.25, 0.3) is 0 Å². The molecule has 1 aliphatic rings. The van der Waals surface area contributed by atoms with E-state index in [4.69, 9.17) is 4.74 Å². The number of phenolic OH excluding ortho intramolecular Hbond substituents is 1. The van der Waals surface area contributed by atoms with E-state index < -0.39 is 0 Å². The molecule has 2 aromatic carbocycles. The maximum absolute atomic E-state index is 9.72. The molecule has 1 aliphatic heterocycles.